The third-order valence-electron chi connectivity index (χ3n) is 4.24. The van der Waals surface area contributed by atoms with Gasteiger partial charge in [-0.1, -0.05) is 46.5 Å². The summed E-state index contributed by atoms with van der Waals surface area (Å²) in [5.74, 6) is 1.61. The SMILES string of the molecule is CCNC(COCC(CC)CC)C1CCCC1. The van der Waals surface area contributed by atoms with Gasteiger partial charge in [0.2, 0.25) is 0 Å². The van der Waals surface area contributed by atoms with Crippen LogP contribution in [-0.4, -0.2) is 25.8 Å². The Morgan fingerprint density at radius 3 is 2.24 bits per heavy atom. The van der Waals surface area contributed by atoms with E-state index in [9.17, 15) is 0 Å². The quantitative estimate of drug-likeness (QED) is 0.666. The Kier molecular flexibility index (Phi) is 7.87. The highest BCUT2D eigenvalue weighted by atomic mass is 16.5. The molecule has 17 heavy (non-hydrogen) atoms. The molecule has 0 aromatic rings. The fraction of sp³-hybridized carbons (Fsp3) is 1.00. The molecule has 1 N–H and O–H groups in total. The van der Waals surface area contributed by atoms with Crippen molar-refractivity contribution in [3.8, 4) is 0 Å². The molecule has 1 rings (SSSR count). The monoisotopic (exact) mass is 241 g/mol. The van der Waals surface area contributed by atoms with E-state index in [1.54, 1.807) is 0 Å². The molecule has 0 radical (unpaired) electrons. The Morgan fingerprint density at radius 2 is 1.71 bits per heavy atom. The second-order valence-corrected chi connectivity index (χ2v) is 5.43. The molecule has 1 atom stereocenters. The maximum Gasteiger partial charge on any atom is 0.0622 e. The zero-order chi connectivity index (χ0) is 12.5. The Hall–Kier alpha value is -0.0800. The van der Waals surface area contributed by atoms with Gasteiger partial charge in [-0.25, -0.2) is 0 Å². The van der Waals surface area contributed by atoms with Crippen molar-refractivity contribution in [2.75, 3.05) is 19.8 Å². The molecule has 1 saturated carbocycles. The first-order valence-corrected chi connectivity index (χ1v) is 7.62. The Labute approximate surface area is 108 Å². The van der Waals surface area contributed by atoms with Crippen molar-refractivity contribution in [3.63, 3.8) is 0 Å². The summed E-state index contributed by atoms with van der Waals surface area (Å²) in [6.45, 7) is 9.64. The smallest absolute Gasteiger partial charge is 0.0622 e. The fourth-order valence-electron chi connectivity index (χ4n) is 2.87. The molecule has 1 fully saturated rings. The molecule has 1 unspecified atom stereocenters. The van der Waals surface area contributed by atoms with Crippen LogP contribution in [0.2, 0.25) is 0 Å². The summed E-state index contributed by atoms with van der Waals surface area (Å²) in [7, 11) is 0. The van der Waals surface area contributed by atoms with Gasteiger partial charge in [-0.05, 0) is 31.2 Å². The predicted molar refractivity (Wildman–Crippen MR) is 74.3 cm³/mol. The molecule has 0 saturated heterocycles. The van der Waals surface area contributed by atoms with Gasteiger partial charge in [-0.2, -0.15) is 0 Å². The summed E-state index contributed by atoms with van der Waals surface area (Å²) in [5, 5.41) is 3.61. The second-order valence-electron chi connectivity index (χ2n) is 5.43. The van der Waals surface area contributed by atoms with Crippen LogP contribution in [-0.2, 0) is 4.74 Å². The predicted octanol–water partition coefficient (Wildman–Crippen LogP) is 3.61. The molecule has 1 aliphatic rings. The first-order chi connectivity index (χ1) is 8.31. The lowest BCUT2D eigenvalue weighted by Crippen LogP contribution is -2.39. The standard InChI is InChI=1S/C15H31NO/c1-4-13(5-2)11-17-12-15(16-6-3)14-9-7-8-10-14/h13-16H,4-12H2,1-3H3. The van der Waals surface area contributed by atoms with Crippen molar-refractivity contribution in [2.45, 2.75) is 65.3 Å². The molecular formula is C15H31NO. The Balaban J connectivity index is 2.23. The fourth-order valence-corrected chi connectivity index (χ4v) is 2.87. The van der Waals surface area contributed by atoms with E-state index >= 15 is 0 Å². The van der Waals surface area contributed by atoms with Crippen molar-refractivity contribution in [3.05, 3.63) is 0 Å². The summed E-state index contributed by atoms with van der Waals surface area (Å²) in [6.07, 6.45) is 8.10. The normalized spacial score (nSPS) is 19.1. The average Bonchev–Trinajstić information content (AvgIpc) is 2.87. The van der Waals surface area contributed by atoms with Crippen LogP contribution in [0, 0.1) is 11.8 Å². The van der Waals surface area contributed by atoms with Gasteiger partial charge < -0.3 is 10.1 Å². The van der Waals surface area contributed by atoms with E-state index in [4.69, 9.17) is 4.74 Å². The summed E-state index contributed by atoms with van der Waals surface area (Å²) in [6, 6.07) is 0.594. The van der Waals surface area contributed by atoms with Crippen molar-refractivity contribution in [2.24, 2.45) is 11.8 Å². The molecular weight excluding hydrogens is 210 g/mol. The third-order valence-corrected chi connectivity index (χ3v) is 4.24. The summed E-state index contributed by atoms with van der Waals surface area (Å²) in [4.78, 5) is 0. The number of nitrogens with one attached hydrogen (secondary N) is 1. The average molecular weight is 241 g/mol. The minimum atomic E-state index is 0.594. The third kappa shape index (κ3) is 5.39. The van der Waals surface area contributed by atoms with Crippen LogP contribution in [0.3, 0.4) is 0 Å². The summed E-state index contributed by atoms with van der Waals surface area (Å²) in [5.41, 5.74) is 0. The molecule has 0 aliphatic heterocycles. The number of likely N-dealkylation sites (N-methyl/N-ethyl adjacent to an activating group) is 1. The maximum absolute atomic E-state index is 5.94. The van der Waals surface area contributed by atoms with Crippen LogP contribution in [0.4, 0.5) is 0 Å². The lowest BCUT2D eigenvalue weighted by molar-refractivity contribution is 0.0660. The van der Waals surface area contributed by atoms with Crippen molar-refractivity contribution in [1.82, 2.24) is 5.32 Å². The van der Waals surface area contributed by atoms with Gasteiger partial charge >= 0.3 is 0 Å². The van der Waals surface area contributed by atoms with Gasteiger partial charge in [0.25, 0.3) is 0 Å². The molecule has 0 heterocycles. The van der Waals surface area contributed by atoms with E-state index in [1.165, 1.54) is 38.5 Å². The van der Waals surface area contributed by atoms with Gasteiger partial charge in [0.15, 0.2) is 0 Å². The molecule has 0 aromatic heterocycles. The van der Waals surface area contributed by atoms with E-state index in [1.807, 2.05) is 0 Å². The number of hydrogen-bond donors (Lipinski definition) is 1. The van der Waals surface area contributed by atoms with Crippen molar-refractivity contribution >= 4 is 0 Å². The van der Waals surface area contributed by atoms with Crippen LogP contribution in [0.1, 0.15) is 59.3 Å². The first-order valence-electron chi connectivity index (χ1n) is 7.62. The second kappa shape index (κ2) is 8.93. The van der Waals surface area contributed by atoms with Gasteiger partial charge in [-0.15, -0.1) is 0 Å². The zero-order valence-electron chi connectivity index (χ0n) is 12.0. The molecule has 0 amide bonds. The lowest BCUT2D eigenvalue weighted by Gasteiger charge is -2.25. The summed E-state index contributed by atoms with van der Waals surface area (Å²) >= 11 is 0. The Morgan fingerprint density at radius 1 is 1.06 bits per heavy atom. The molecule has 102 valence electrons. The van der Waals surface area contributed by atoms with Gasteiger partial charge in [0.05, 0.1) is 6.61 Å². The van der Waals surface area contributed by atoms with Crippen LogP contribution < -0.4 is 5.32 Å². The maximum atomic E-state index is 5.94. The molecule has 2 heteroatoms. The van der Waals surface area contributed by atoms with Crippen molar-refractivity contribution < 1.29 is 4.74 Å². The van der Waals surface area contributed by atoms with E-state index in [0.29, 0.717) is 6.04 Å². The van der Waals surface area contributed by atoms with Crippen molar-refractivity contribution in [1.29, 1.82) is 0 Å². The highest BCUT2D eigenvalue weighted by molar-refractivity contribution is 4.80. The first kappa shape index (κ1) is 15.0. The molecule has 0 aromatic carbocycles. The zero-order valence-corrected chi connectivity index (χ0v) is 12.0. The highest BCUT2D eigenvalue weighted by Gasteiger charge is 2.24. The number of rotatable bonds is 9. The van der Waals surface area contributed by atoms with Crippen LogP contribution in [0.15, 0.2) is 0 Å². The molecule has 0 spiro atoms. The van der Waals surface area contributed by atoms with Crippen LogP contribution >= 0.6 is 0 Å². The molecule has 1 aliphatic carbocycles. The minimum absolute atomic E-state index is 0.594. The van der Waals surface area contributed by atoms with E-state index in [2.05, 4.69) is 26.1 Å². The van der Waals surface area contributed by atoms with E-state index < -0.39 is 0 Å². The lowest BCUT2D eigenvalue weighted by atomic mass is 9.98. The summed E-state index contributed by atoms with van der Waals surface area (Å²) < 4.78 is 5.94. The number of ether oxygens (including phenoxy) is 1. The highest BCUT2D eigenvalue weighted by Crippen LogP contribution is 2.28. The van der Waals surface area contributed by atoms with E-state index in [0.717, 1.165) is 31.6 Å². The van der Waals surface area contributed by atoms with Crippen LogP contribution in [0.5, 0.6) is 0 Å². The van der Waals surface area contributed by atoms with Gasteiger partial charge in [-0.3, -0.25) is 0 Å². The van der Waals surface area contributed by atoms with Crippen LogP contribution in [0.25, 0.3) is 0 Å². The largest absolute Gasteiger partial charge is 0.380 e. The van der Waals surface area contributed by atoms with Gasteiger partial charge in [0, 0.05) is 12.6 Å². The molecule has 0 bridgehead atoms. The van der Waals surface area contributed by atoms with Gasteiger partial charge in [0.1, 0.15) is 0 Å². The minimum Gasteiger partial charge on any atom is -0.380 e. The van der Waals surface area contributed by atoms with E-state index in [-0.39, 0.29) is 0 Å². The Bertz CT molecular complexity index is 174. The molecule has 2 nitrogen and oxygen atoms in total. The number of hydrogen-bond acceptors (Lipinski definition) is 2. The topological polar surface area (TPSA) is 21.3 Å².